The van der Waals surface area contributed by atoms with Crippen LogP contribution in [0.3, 0.4) is 0 Å². The molecule has 5 heteroatoms. The SMILES string of the molecule is CCc1ccc(OCC(=O)NCc2ncc(-c3ccccc3)o2)cc1. The molecule has 0 fully saturated rings. The van der Waals surface area contributed by atoms with Gasteiger partial charge >= 0.3 is 0 Å². The number of nitrogens with zero attached hydrogens (tertiary/aromatic N) is 1. The molecule has 0 aliphatic heterocycles. The second-order valence-electron chi connectivity index (χ2n) is 5.55. The molecule has 1 amide bonds. The van der Waals surface area contributed by atoms with Crippen molar-refractivity contribution in [3.8, 4) is 17.1 Å². The molecule has 0 aliphatic carbocycles. The highest BCUT2D eigenvalue weighted by atomic mass is 16.5. The Balaban J connectivity index is 1.46. The van der Waals surface area contributed by atoms with Crippen molar-refractivity contribution in [1.82, 2.24) is 10.3 Å². The highest BCUT2D eigenvalue weighted by molar-refractivity contribution is 5.77. The van der Waals surface area contributed by atoms with Gasteiger partial charge in [0.2, 0.25) is 5.89 Å². The maximum Gasteiger partial charge on any atom is 0.258 e. The molecule has 3 rings (SSSR count). The second-order valence-corrected chi connectivity index (χ2v) is 5.55. The minimum Gasteiger partial charge on any atom is -0.484 e. The zero-order valence-electron chi connectivity index (χ0n) is 14.1. The Bertz CT molecular complexity index is 810. The standard InChI is InChI=1S/C20H20N2O3/c1-2-15-8-10-17(11-9-15)24-14-19(23)21-13-20-22-12-18(25-20)16-6-4-3-5-7-16/h3-12H,2,13-14H2,1H3,(H,21,23). The predicted octanol–water partition coefficient (Wildman–Crippen LogP) is 3.60. The van der Waals surface area contributed by atoms with E-state index in [0.717, 1.165) is 12.0 Å². The Morgan fingerprint density at radius 3 is 2.60 bits per heavy atom. The summed E-state index contributed by atoms with van der Waals surface area (Å²) in [6.07, 6.45) is 2.63. The van der Waals surface area contributed by atoms with Crippen molar-refractivity contribution in [3.05, 3.63) is 72.2 Å². The molecule has 128 valence electrons. The summed E-state index contributed by atoms with van der Waals surface area (Å²) < 4.78 is 11.1. The van der Waals surface area contributed by atoms with E-state index in [-0.39, 0.29) is 19.1 Å². The van der Waals surface area contributed by atoms with Gasteiger partial charge in [-0.1, -0.05) is 49.4 Å². The highest BCUT2D eigenvalue weighted by Gasteiger charge is 2.08. The minimum absolute atomic E-state index is 0.0439. The summed E-state index contributed by atoms with van der Waals surface area (Å²) in [6, 6.07) is 17.4. The Morgan fingerprint density at radius 1 is 1.12 bits per heavy atom. The fourth-order valence-electron chi connectivity index (χ4n) is 2.32. The van der Waals surface area contributed by atoms with Crippen molar-refractivity contribution in [2.75, 3.05) is 6.61 Å². The number of hydrogen-bond donors (Lipinski definition) is 1. The number of rotatable bonds is 7. The number of nitrogens with one attached hydrogen (secondary N) is 1. The van der Waals surface area contributed by atoms with Crippen LogP contribution in [0.2, 0.25) is 0 Å². The minimum atomic E-state index is -0.223. The van der Waals surface area contributed by atoms with E-state index in [2.05, 4.69) is 17.2 Å². The van der Waals surface area contributed by atoms with Crippen molar-refractivity contribution >= 4 is 5.91 Å². The number of hydrogen-bond acceptors (Lipinski definition) is 4. The lowest BCUT2D eigenvalue weighted by atomic mass is 10.2. The van der Waals surface area contributed by atoms with E-state index in [0.29, 0.717) is 17.4 Å². The average molecular weight is 336 g/mol. The van der Waals surface area contributed by atoms with E-state index in [1.165, 1.54) is 5.56 Å². The fourth-order valence-corrected chi connectivity index (χ4v) is 2.32. The molecule has 5 nitrogen and oxygen atoms in total. The Hall–Kier alpha value is -3.08. The lowest BCUT2D eigenvalue weighted by Crippen LogP contribution is -2.28. The van der Waals surface area contributed by atoms with Crippen molar-refractivity contribution in [2.24, 2.45) is 0 Å². The molecule has 2 aromatic carbocycles. The smallest absolute Gasteiger partial charge is 0.258 e. The molecule has 0 saturated carbocycles. The molecule has 0 unspecified atom stereocenters. The van der Waals surface area contributed by atoms with Gasteiger partial charge in [0.1, 0.15) is 5.75 Å². The van der Waals surface area contributed by atoms with Crippen LogP contribution in [0, 0.1) is 0 Å². The van der Waals surface area contributed by atoms with E-state index in [4.69, 9.17) is 9.15 Å². The first kappa shape index (κ1) is 16.8. The number of carbonyl (C=O) groups excluding carboxylic acids is 1. The normalized spacial score (nSPS) is 10.4. The van der Waals surface area contributed by atoms with Crippen LogP contribution in [0.5, 0.6) is 5.75 Å². The molecule has 0 saturated heterocycles. The maximum absolute atomic E-state index is 11.9. The molecule has 0 radical (unpaired) electrons. The van der Waals surface area contributed by atoms with E-state index in [9.17, 15) is 4.79 Å². The third-order valence-electron chi connectivity index (χ3n) is 3.75. The van der Waals surface area contributed by atoms with E-state index in [1.54, 1.807) is 6.20 Å². The monoisotopic (exact) mass is 336 g/mol. The van der Waals surface area contributed by atoms with Crippen LogP contribution in [0.1, 0.15) is 18.4 Å². The molecule has 3 aromatic rings. The van der Waals surface area contributed by atoms with Gasteiger partial charge in [-0.3, -0.25) is 4.79 Å². The molecule has 1 heterocycles. The van der Waals surface area contributed by atoms with Crippen molar-refractivity contribution < 1.29 is 13.9 Å². The molecule has 0 spiro atoms. The Morgan fingerprint density at radius 2 is 1.88 bits per heavy atom. The Labute approximate surface area is 146 Å². The highest BCUT2D eigenvalue weighted by Crippen LogP contribution is 2.19. The number of benzene rings is 2. The molecular formula is C20H20N2O3. The van der Waals surface area contributed by atoms with Gasteiger partial charge in [0, 0.05) is 5.56 Å². The molecule has 1 N–H and O–H groups in total. The molecule has 0 bridgehead atoms. The second kappa shape index (κ2) is 8.15. The number of carbonyl (C=O) groups is 1. The van der Waals surface area contributed by atoms with Gasteiger partial charge < -0.3 is 14.5 Å². The summed E-state index contributed by atoms with van der Waals surface area (Å²) in [5, 5.41) is 2.74. The van der Waals surface area contributed by atoms with Gasteiger partial charge in [-0.15, -0.1) is 0 Å². The number of oxazole rings is 1. The summed E-state index contributed by atoms with van der Waals surface area (Å²) >= 11 is 0. The van der Waals surface area contributed by atoms with Crippen molar-refractivity contribution in [2.45, 2.75) is 19.9 Å². The third kappa shape index (κ3) is 4.70. The lowest BCUT2D eigenvalue weighted by molar-refractivity contribution is -0.123. The summed E-state index contributed by atoms with van der Waals surface area (Å²) in [7, 11) is 0. The van der Waals surface area contributed by atoms with Gasteiger partial charge in [-0.25, -0.2) is 4.98 Å². The Kier molecular flexibility index (Phi) is 5.46. The number of aromatic nitrogens is 1. The van der Waals surface area contributed by atoms with Gasteiger partial charge in [0.25, 0.3) is 5.91 Å². The third-order valence-corrected chi connectivity index (χ3v) is 3.75. The number of aryl methyl sites for hydroxylation is 1. The zero-order valence-corrected chi connectivity index (χ0v) is 14.1. The first-order chi connectivity index (χ1) is 12.2. The first-order valence-electron chi connectivity index (χ1n) is 8.23. The molecule has 25 heavy (non-hydrogen) atoms. The van der Waals surface area contributed by atoms with Gasteiger partial charge in [0.15, 0.2) is 12.4 Å². The number of ether oxygens (including phenoxy) is 1. The van der Waals surface area contributed by atoms with E-state index in [1.807, 2.05) is 54.6 Å². The number of amides is 1. The maximum atomic E-state index is 11.9. The largest absolute Gasteiger partial charge is 0.484 e. The first-order valence-corrected chi connectivity index (χ1v) is 8.23. The van der Waals surface area contributed by atoms with Crippen molar-refractivity contribution in [1.29, 1.82) is 0 Å². The van der Waals surface area contributed by atoms with Crippen LogP contribution in [0.4, 0.5) is 0 Å². The molecular weight excluding hydrogens is 316 g/mol. The van der Waals surface area contributed by atoms with Gasteiger partial charge in [-0.2, -0.15) is 0 Å². The van der Waals surface area contributed by atoms with Crippen LogP contribution < -0.4 is 10.1 Å². The quantitative estimate of drug-likeness (QED) is 0.716. The van der Waals surface area contributed by atoms with Gasteiger partial charge in [0.05, 0.1) is 12.7 Å². The summed E-state index contributed by atoms with van der Waals surface area (Å²) in [6.45, 7) is 2.27. The van der Waals surface area contributed by atoms with Crippen LogP contribution in [0.25, 0.3) is 11.3 Å². The summed E-state index contributed by atoms with van der Waals surface area (Å²) in [5.41, 5.74) is 2.18. The molecule has 0 aliphatic rings. The molecule has 1 aromatic heterocycles. The van der Waals surface area contributed by atoms with Crippen LogP contribution >= 0.6 is 0 Å². The van der Waals surface area contributed by atoms with Gasteiger partial charge in [-0.05, 0) is 24.1 Å². The fraction of sp³-hybridized carbons (Fsp3) is 0.200. The van der Waals surface area contributed by atoms with Crippen LogP contribution in [0.15, 0.2) is 65.2 Å². The van der Waals surface area contributed by atoms with E-state index >= 15 is 0 Å². The summed E-state index contributed by atoms with van der Waals surface area (Å²) in [5.74, 6) is 1.59. The van der Waals surface area contributed by atoms with Crippen LogP contribution in [-0.2, 0) is 17.8 Å². The zero-order chi connectivity index (χ0) is 17.5. The average Bonchev–Trinajstić information content (AvgIpc) is 3.15. The summed E-state index contributed by atoms with van der Waals surface area (Å²) in [4.78, 5) is 16.1. The van der Waals surface area contributed by atoms with Crippen LogP contribution in [-0.4, -0.2) is 17.5 Å². The van der Waals surface area contributed by atoms with E-state index < -0.39 is 0 Å². The van der Waals surface area contributed by atoms with Crippen molar-refractivity contribution in [3.63, 3.8) is 0 Å². The topological polar surface area (TPSA) is 64.4 Å². The predicted molar refractivity (Wildman–Crippen MR) is 95.1 cm³/mol. The molecule has 0 atom stereocenters. The lowest BCUT2D eigenvalue weighted by Gasteiger charge is -2.07.